The molecule has 1 amide bonds. The van der Waals surface area contributed by atoms with Crippen LogP contribution in [0.25, 0.3) is 0 Å². The van der Waals surface area contributed by atoms with Gasteiger partial charge in [0.2, 0.25) is 5.91 Å². The second kappa shape index (κ2) is 9.46. The molecule has 0 spiro atoms. The molecule has 0 saturated carbocycles. The standard InChI is InChI=1S/C21H24F2N2O2/c22-19-8-4-5-16(21(19)23)15-25-17(9-10-20(25)26)11-12-24-13-14-27-18-6-2-1-3-7-18/h1-8,17,24H,9-15H2/t17-/m1/s1. The topological polar surface area (TPSA) is 41.6 Å². The molecule has 0 aromatic heterocycles. The van der Waals surface area contributed by atoms with Crippen molar-refractivity contribution < 1.29 is 18.3 Å². The van der Waals surface area contributed by atoms with Crippen LogP contribution in [0.4, 0.5) is 8.78 Å². The van der Waals surface area contributed by atoms with Gasteiger partial charge < -0.3 is 15.0 Å². The summed E-state index contributed by atoms with van der Waals surface area (Å²) in [5, 5.41) is 3.31. The van der Waals surface area contributed by atoms with Gasteiger partial charge in [0.05, 0.1) is 0 Å². The maximum atomic E-state index is 13.9. The number of likely N-dealkylation sites (tertiary alicyclic amines) is 1. The lowest BCUT2D eigenvalue weighted by Crippen LogP contribution is -2.35. The van der Waals surface area contributed by atoms with Crippen molar-refractivity contribution in [2.45, 2.75) is 31.8 Å². The Bertz CT molecular complexity index is 755. The predicted octanol–water partition coefficient (Wildman–Crippen LogP) is 3.51. The summed E-state index contributed by atoms with van der Waals surface area (Å²) in [5.41, 5.74) is 0.222. The van der Waals surface area contributed by atoms with Crippen molar-refractivity contribution >= 4 is 5.91 Å². The van der Waals surface area contributed by atoms with Gasteiger partial charge in [0, 0.05) is 31.1 Å². The van der Waals surface area contributed by atoms with Gasteiger partial charge in [-0.2, -0.15) is 0 Å². The van der Waals surface area contributed by atoms with Crippen molar-refractivity contribution in [1.82, 2.24) is 10.2 Å². The highest BCUT2D eigenvalue weighted by Crippen LogP contribution is 2.25. The maximum Gasteiger partial charge on any atom is 0.223 e. The first kappa shape index (κ1) is 19.3. The number of rotatable bonds is 9. The number of carbonyl (C=O) groups is 1. The Morgan fingerprint density at radius 1 is 1.07 bits per heavy atom. The molecule has 1 fully saturated rings. The second-order valence-corrected chi connectivity index (χ2v) is 6.63. The van der Waals surface area contributed by atoms with E-state index in [-0.39, 0.29) is 24.1 Å². The highest BCUT2D eigenvalue weighted by Gasteiger charge is 2.31. The molecule has 4 nitrogen and oxygen atoms in total. The van der Waals surface area contributed by atoms with E-state index in [0.29, 0.717) is 19.6 Å². The summed E-state index contributed by atoms with van der Waals surface area (Å²) in [7, 11) is 0. The van der Waals surface area contributed by atoms with Gasteiger partial charge in [0.15, 0.2) is 11.6 Å². The molecule has 2 aromatic carbocycles. The molecule has 1 atom stereocenters. The van der Waals surface area contributed by atoms with Crippen molar-refractivity contribution in [3.8, 4) is 5.75 Å². The number of benzene rings is 2. The van der Waals surface area contributed by atoms with Crippen molar-refractivity contribution in [1.29, 1.82) is 0 Å². The third-order valence-corrected chi connectivity index (χ3v) is 4.77. The summed E-state index contributed by atoms with van der Waals surface area (Å²) >= 11 is 0. The Labute approximate surface area is 158 Å². The van der Waals surface area contributed by atoms with E-state index < -0.39 is 11.6 Å². The van der Waals surface area contributed by atoms with Gasteiger partial charge in [-0.1, -0.05) is 30.3 Å². The zero-order valence-corrected chi connectivity index (χ0v) is 15.2. The van der Waals surface area contributed by atoms with E-state index >= 15 is 0 Å². The molecule has 3 rings (SSSR count). The maximum absolute atomic E-state index is 13.9. The summed E-state index contributed by atoms with van der Waals surface area (Å²) in [5.74, 6) is -0.914. The van der Waals surface area contributed by atoms with Crippen LogP contribution < -0.4 is 10.1 Å². The lowest BCUT2D eigenvalue weighted by molar-refractivity contribution is -0.129. The molecule has 6 heteroatoms. The Hall–Kier alpha value is -2.47. The number of para-hydroxylation sites is 1. The Morgan fingerprint density at radius 2 is 1.89 bits per heavy atom. The molecule has 0 unspecified atom stereocenters. The monoisotopic (exact) mass is 374 g/mol. The number of nitrogens with one attached hydrogen (secondary N) is 1. The van der Waals surface area contributed by atoms with Crippen molar-refractivity contribution in [2.75, 3.05) is 19.7 Å². The molecule has 1 saturated heterocycles. The fourth-order valence-electron chi connectivity index (χ4n) is 3.32. The van der Waals surface area contributed by atoms with Gasteiger partial charge in [-0.05, 0) is 37.6 Å². The lowest BCUT2D eigenvalue weighted by atomic mass is 10.1. The Balaban J connectivity index is 1.42. The smallest absolute Gasteiger partial charge is 0.223 e. The lowest BCUT2D eigenvalue weighted by Gasteiger charge is -2.25. The minimum Gasteiger partial charge on any atom is -0.492 e. The highest BCUT2D eigenvalue weighted by atomic mass is 19.2. The van der Waals surface area contributed by atoms with Crippen LogP contribution in [0, 0.1) is 11.6 Å². The number of hydrogen-bond acceptors (Lipinski definition) is 3. The molecule has 27 heavy (non-hydrogen) atoms. The zero-order chi connectivity index (χ0) is 19.1. The summed E-state index contributed by atoms with van der Waals surface area (Å²) in [6.45, 7) is 2.11. The van der Waals surface area contributed by atoms with Crippen LogP contribution in [-0.4, -0.2) is 36.5 Å². The van der Waals surface area contributed by atoms with Crippen molar-refractivity contribution in [3.05, 3.63) is 65.7 Å². The highest BCUT2D eigenvalue weighted by molar-refractivity contribution is 5.78. The minimum atomic E-state index is -0.879. The third kappa shape index (κ3) is 5.26. The average Bonchev–Trinajstić information content (AvgIpc) is 3.02. The molecule has 1 N–H and O–H groups in total. The van der Waals surface area contributed by atoms with Gasteiger partial charge in [-0.15, -0.1) is 0 Å². The minimum absolute atomic E-state index is 0.00364. The normalized spacial score (nSPS) is 16.7. The molecule has 2 aromatic rings. The molecule has 0 bridgehead atoms. The van der Waals surface area contributed by atoms with Gasteiger partial charge in [0.25, 0.3) is 0 Å². The van der Waals surface area contributed by atoms with E-state index in [0.717, 1.165) is 31.2 Å². The molecule has 0 radical (unpaired) electrons. The largest absolute Gasteiger partial charge is 0.492 e. The number of ether oxygens (including phenoxy) is 1. The van der Waals surface area contributed by atoms with E-state index in [1.54, 1.807) is 4.90 Å². The summed E-state index contributed by atoms with van der Waals surface area (Å²) in [6.07, 6.45) is 1.98. The Morgan fingerprint density at radius 3 is 2.70 bits per heavy atom. The van der Waals surface area contributed by atoms with Crippen LogP contribution in [0.2, 0.25) is 0 Å². The molecule has 1 aliphatic rings. The van der Waals surface area contributed by atoms with Crippen LogP contribution in [0.5, 0.6) is 5.75 Å². The van der Waals surface area contributed by atoms with E-state index in [4.69, 9.17) is 4.74 Å². The summed E-state index contributed by atoms with van der Waals surface area (Å²) in [6, 6.07) is 13.7. The molecular weight excluding hydrogens is 350 g/mol. The van der Waals surface area contributed by atoms with E-state index in [9.17, 15) is 13.6 Å². The average molecular weight is 374 g/mol. The van der Waals surface area contributed by atoms with Crippen LogP contribution >= 0.6 is 0 Å². The number of halogens is 2. The summed E-state index contributed by atoms with van der Waals surface area (Å²) in [4.78, 5) is 13.8. The quantitative estimate of drug-likeness (QED) is 0.683. The summed E-state index contributed by atoms with van der Waals surface area (Å²) < 4.78 is 32.9. The van der Waals surface area contributed by atoms with Gasteiger partial charge >= 0.3 is 0 Å². The first-order valence-corrected chi connectivity index (χ1v) is 9.26. The first-order valence-electron chi connectivity index (χ1n) is 9.26. The first-order chi connectivity index (χ1) is 13.1. The fraction of sp³-hybridized carbons (Fsp3) is 0.381. The third-order valence-electron chi connectivity index (χ3n) is 4.77. The fourth-order valence-corrected chi connectivity index (χ4v) is 3.32. The number of carbonyl (C=O) groups excluding carboxylic acids is 1. The van der Waals surface area contributed by atoms with Crippen LogP contribution in [-0.2, 0) is 11.3 Å². The molecule has 0 aliphatic carbocycles. The number of nitrogens with zero attached hydrogens (tertiary/aromatic N) is 1. The van der Waals surface area contributed by atoms with Crippen LogP contribution in [0.15, 0.2) is 48.5 Å². The second-order valence-electron chi connectivity index (χ2n) is 6.63. The predicted molar refractivity (Wildman–Crippen MR) is 99.4 cm³/mol. The van der Waals surface area contributed by atoms with Gasteiger partial charge in [-0.3, -0.25) is 4.79 Å². The van der Waals surface area contributed by atoms with E-state index in [1.165, 1.54) is 12.1 Å². The van der Waals surface area contributed by atoms with Crippen molar-refractivity contribution in [2.24, 2.45) is 0 Å². The zero-order valence-electron chi connectivity index (χ0n) is 15.2. The SMILES string of the molecule is O=C1CC[C@H](CCNCCOc2ccccc2)N1Cc1cccc(F)c1F. The number of hydrogen-bond donors (Lipinski definition) is 1. The van der Waals surface area contributed by atoms with E-state index in [2.05, 4.69) is 5.32 Å². The Kier molecular flexibility index (Phi) is 6.76. The molecule has 144 valence electrons. The van der Waals surface area contributed by atoms with E-state index in [1.807, 2.05) is 30.3 Å². The van der Waals surface area contributed by atoms with Crippen LogP contribution in [0.3, 0.4) is 0 Å². The van der Waals surface area contributed by atoms with Gasteiger partial charge in [-0.25, -0.2) is 8.78 Å². The number of amides is 1. The molecule has 1 aliphatic heterocycles. The van der Waals surface area contributed by atoms with Crippen molar-refractivity contribution in [3.63, 3.8) is 0 Å². The van der Waals surface area contributed by atoms with Crippen LogP contribution in [0.1, 0.15) is 24.8 Å². The molecular formula is C21H24F2N2O2. The molecule has 1 heterocycles. The van der Waals surface area contributed by atoms with Gasteiger partial charge in [0.1, 0.15) is 12.4 Å².